The van der Waals surface area contributed by atoms with Gasteiger partial charge in [0.25, 0.3) is 0 Å². The molecule has 1 saturated heterocycles. The van der Waals surface area contributed by atoms with Gasteiger partial charge >= 0.3 is 5.97 Å². The van der Waals surface area contributed by atoms with Crippen LogP contribution in [0.4, 0.5) is 5.69 Å². The molecule has 2 aliphatic rings. The average Bonchev–Trinajstić information content (AvgIpc) is 3.44. The molecule has 0 radical (unpaired) electrons. The van der Waals surface area contributed by atoms with Crippen molar-refractivity contribution in [2.75, 3.05) is 24.5 Å². The molecule has 2 aliphatic heterocycles. The number of carbonyl (C=O) groups is 3. The van der Waals surface area contributed by atoms with Gasteiger partial charge in [-0.1, -0.05) is 23.2 Å². The summed E-state index contributed by atoms with van der Waals surface area (Å²) in [5.74, 6) is -0.880. The van der Waals surface area contributed by atoms with Crippen molar-refractivity contribution in [3.05, 3.63) is 44.3 Å². The fourth-order valence-electron chi connectivity index (χ4n) is 4.60. The van der Waals surface area contributed by atoms with Gasteiger partial charge in [0.05, 0.1) is 12.6 Å². The van der Waals surface area contributed by atoms with Crippen molar-refractivity contribution in [1.82, 2.24) is 9.88 Å². The summed E-state index contributed by atoms with van der Waals surface area (Å²) in [6.07, 6.45) is 3.91. The minimum absolute atomic E-state index is 0.0260. The fourth-order valence-corrected chi connectivity index (χ4v) is 5.72. The van der Waals surface area contributed by atoms with Crippen LogP contribution in [0.15, 0.2) is 24.4 Å². The third-order valence-electron chi connectivity index (χ3n) is 6.15. The van der Waals surface area contributed by atoms with Gasteiger partial charge < -0.3 is 14.9 Å². The van der Waals surface area contributed by atoms with Crippen LogP contribution in [0.5, 0.6) is 0 Å². The van der Waals surface area contributed by atoms with E-state index in [0.29, 0.717) is 53.3 Å². The van der Waals surface area contributed by atoms with Crippen LogP contribution in [0.25, 0.3) is 0 Å². The zero-order valence-electron chi connectivity index (χ0n) is 17.4. The lowest BCUT2D eigenvalue weighted by Crippen LogP contribution is -2.40. The minimum Gasteiger partial charge on any atom is -0.481 e. The van der Waals surface area contributed by atoms with E-state index in [1.54, 1.807) is 17.2 Å². The summed E-state index contributed by atoms with van der Waals surface area (Å²) in [7, 11) is 0. The molecule has 1 spiro atoms. The molecule has 32 heavy (non-hydrogen) atoms. The van der Waals surface area contributed by atoms with E-state index in [2.05, 4.69) is 4.98 Å². The van der Waals surface area contributed by atoms with Crippen LogP contribution >= 0.6 is 34.5 Å². The summed E-state index contributed by atoms with van der Waals surface area (Å²) in [5, 5.41) is 10.0. The van der Waals surface area contributed by atoms with Crippen molar-refractivity contribution in [2.45, 2.75) is 43.9 Å². The van der Waals surface area contributed by atoms with Gasteiger partial charge in [-0.3, -0.25) is 14.4 Å². The second-order valence-corrected chi connectivity index (χ2v) is 10.5. The van der Waals surface area contributed by atoms with E-state index in [0.717, 1.165) is 17.7 Å². The summed E-state index contributed by atoms with van der Waals surface area (Å²) >= 11 is 13.5. The SMILES string of the molecule is O=C(O)CCCCC(=O)N1CCC2(C1)CN(C(=O)Cc1ncc(Cl)s1)c1ccc(Cl)cc12. The van der Waals surface area contributed by atoms with Crippen molar-refractivity contribution in [1.29, 1.82) is 0 Å². The first-order chi connectivity index (χ1) is 15.3. The number of fused-ring (bicyclic) bond motifs is 2. The molecule has 1 unspecified atom stereocenters. The van der Waals surface area contributed by atoms with E-state index in [1.165, 1.54) is 11.3 Å². The number of unbranched alkanes of at least 4 members (excludes halogenated alkanes) is 1. The lowest BCUT2D eigenvalue weighted by Gasteiger charge is -2.26. The zero-order chi connectivity index (χ0) is 22.9. The van der Waals surface area contributed by atoms with Crippen molar-refractivity contribution in [3.63, 3.8) is 0 Å². The van der Waals surface area contributed by atoms with Crippen LogP contribution in [0, 0.1) is 0 Å². The number of aliphatic carboxylic acids is 1. The number of aromatic nitrogens is 1. The second-order valence-electron chi connectivity index (χ2n) is 8.32. The predicted molar refractivity (Wildman–Crippen MR) is 124 cm³/mol. The summed E-state index contributed by atoms with van der Waals surface area (Å²) in [6.45, 7) is 1.61. The highest BCUT2D eigenvalue weighted by Crippen LogP contribution is 2.47. The Balaban J connectivity index is 1.48. The number of amides is 2. The molecule has 0 bridgehead atoms. The lowest BCUT2D eigenvalue weighted by molar-refractivity contribution is -0.137. The van der Waals surface area contributed by atoms with Crippen LogP contribution in [-0.4, -0.2) is 52.4 Å². The molecule has 0 aliphatic carbocycles. The standard InChI is InChI=1S/C22H23Cl2N3O4S/c23-14-5-6-16-15(9-14)22(13-27(16)20(29)10-18-25-11-17(24)32-18)7-8-26(12-22)19(28)3-1-2-4-21(30)31/h5-6,9,11H,1-4,7-8,10,12-13H2,(H,30,31). The first-order valence-corrected chi connectivity index (χ1v) is 12.0. The molecule has 1 N–H and O–H groups in total. The lowest BCUT2D eigenvalue weighted by atomic mass is 9.81. The van der Waals surface area contributed by atoms with Crippen molar-refractivity contribution in [3.8, 4) is 0 Å². The Bertz CT molecular complexity index is 1060. The van der Waals surface area contributed by atoms with Crippen LogP contribution in [0.2, 0.25) is 9.36 Å². The Labute approximate surface area is 199 Å². The number of thiazole rings is 1. The topological polar surface area (TPSA) is 90.8 Å². The van der Waals surface area contributed by atoms with E-state index >= 15 is 0 Å². The molecule has 3 heterocycles. The summed E-state index contributed by atoms with van der Waals surface area (Å²) in [5.41, 5.74) is 1.47. The first kappa shape index (κ1) is 23.0. The first-order valence-electron chi connectivity index (χ1n) is 10.5. The highest BCUT2D eigenvalue weighted by molar-refractivity contribution is 7.15. The van der Waals surface area contributed by atoms with Gasteiger partial charge in [-0.2, -0.15) is 0 Å². The summed E-state index contributed by atoms with van der Waals surface area (Å²) in [6, 6.07) is 5.56. The number of halogens is 2. The Hall–Kier alpha value is -2.16. The van der Waals surface area contributed by atoms with E-state index in [1.807, 2.05) is 17.0 Å². The van der Waals surface area contributed by atoms with Crippen molar-refractivity contribution in [2.24, 2.45) is 0 Å². The molecule has 2 aromatic rings. The molecular formula is C22H23Cl2N3O4S. The van der Waals surface area contributed by atoms with E-state index < -0.39 is 5.97 Å². The number of anilines is 1. The highest BCUT2D eigenvalue weighted by atomic mass is 35.5. The maximum atomic E-state index is 13.1. The van der Waals surface area contributed by atoms with Gasteiger partial charge in [0.15, 0.2) is 0 Å². The molecule has 7 nitrogen and oxygen atoms in total. The molecule has 1 fully saturated rings. The number of hydrogen-bond donors (Lipinski definition) is 1. The Morgan fingerprint density at radius 3 is 2.62 bits per heavy atom. The summed E-state index contributed by atoms with van der Waals surface area (Å²) in [4.78, 5) is 44.3. The molecular weight excluding hydrogens is 473 g/mol. The normalized spacial score (nSPS) is 19.6. The van der Waals surface area contributed by atoms with Gasteiger partial charge in [0, 0.05) is 48.6 Å². The zero-order valence-corrected chi connectivity index (χ0v) is 19.7. The van der Waals surface area contributed by atoms with Crippen LogP contribution < -0.4 is 4.90 Å². The van der Waals surface area contributed by atoms with E-state index in [4.69, 9.17) is 28.3 Å². The number of carbonyl (C=O) groups excluding carboxylic acids is 2. The smallest absolute Gasteiger partial charge is 0.303 e. The summed E-state index contributed by atoms with van der Waals surface area (Å²) < 4.78 is 0.547. The largest absolute Gasteiger partial charge is 0.481 e. The van der Waals surface area contributed by atoms with Gasteiger partial charge in [0.2, 0.25) is 11.8 Å². The number of rotatable bonds is 7. The number of nitrogens with zero attached hydrogens (tertiary/aromatic N) is 3. The number of likely N-dealkylation sites (tertiary alicyclic amines) is 1. The third-order valence-corrected chi connectivity index (χ3v) is 7.50. The molecule has 1 aromatic heterocycles. The molecule has 0 saturated carbocycles. The quantitative estimate of drug-likeness (QED) is 0.582. The molecule has 170 valence electrons. The second kappa shape index (κ2) is 9.37. The molecule has 1 atom stereocenters. The van der Waals surface area contributed by atoms with Crippen molar-refractivity contribution < 1.29 is 19.5 Å². The van der Waals surface area contributed by atoms with Gasteiger partial charge in [-0.25, -0.2) is 4.98 Å². The monoisotopic (exact) mass is 495 g/mol. The maximum Gasteiger partial charge on any atom is 0.303 e. The third kappa shape index (κ3) is 4.77. The fraction of sp³-hybridized carbons (Fsp3) is 0.455. The van der Waals surface area contributed by atoms with Crippen LogP contribution in [0.3, 0.4) is 0 Å². The molecule has 10 heteroatoms. The highest BCUT2D eigenvalue weighted by Gasteiger charge is 2.49. The minimum atomic E-state index is -0.846. The number of carboxylic acids is 1. The van der Waals surface area contributed by atoms with Crippen molar-refractivity contribution >= 4 is 58.0 Å². The average molecular weight is 496 g/mol. The van der Waals surface area contributed by atoms with Gasteiger partial charge in [0.1, 0.15) is 9.34 Å². The van der Waals surface area contributed by atoms with Crippen LogP contribution in [-0.2, 0) is 26.2 Å². The van der Waals surface area contributed by atoms with Gasteiger partial charge in [-0.05, 0) is 43.0 Å². The maximum absolute atomic E-state index is 13.1. The Morgan fingerprint density at radius 2 is 1.91 bits per heavy atom. The molecule has 1 aromatic carbocycles. The van der Waals surface area contributed by atoms with Gasteiger partial charge in [-0.15, -0.1) is 11.3 Å². The number of carboxylic acid groups (broad SMARTS) is 1. The van der Waals surface area contributed by atoms with Crippen LogP contribution in [0.1, 0.15) is 42.7 Å². The van der Waals surface area contributed by atoms with E-state index in [9.17, 15) is 14.4 Å². The Morgan fingerprint density at radius 1 is 1.12 bits per heavy atom. The predicted octanol–water partition coefficient (Wildman–Crippen LogP) is 4.15. The number of benzene rings is 1. The molecule has 2 amide bonds. The van der Waals surface area contributed by atoms with E-state index in [-0.39, 0.29) is 30.1 Å². The molecule has 4 rings (SSSR count). The number of hydrogen-bond acceptors (Lipinski definition) is 5. The Kier molecular flexibility index (Phi) is 6.74.